The molecule has 4 rings (SSSR count). The number of pyridine rings is 1. The molecule has 7 heteroatoms. The largest absolute Gasteiger partial charge is 0.486 e. The fourth-order valence-corrected chi connectivity index (χ4v) is 4.60. The van der Waals surface area contributed by atoms with Gasteiger partial charge in [-0.3, -0.25) is 4.98 Å². The van der Waals surface area contributed by atoms with Crippen molar-refractivity contribution in [3.8, 4) is 5.75 Å². The lowest BCUT2D eigenvalue weighted by molar-refractivity contribution is 0.0579. The van der Waals surface area contributed by atoms with Crippen molar-refractivity contribution in [1.29, 1.82) is 0 Å². The number of rotatable bonds is 4. The molecule has 29 heavy (non-hydrogen) atoms. The molecule has 2 saturated heterocycles. The van der Waals surface area contributed by atoms with Crippen LogP contribution >= 0.6 is 11.6 Å². The third-order valence-corrected chi connectivity index (χ3v) is 6.11. The summed E-state index contributed by atoms with van der Waals surface area (Å²) >= 11 is 6.38. The second-order valence-corrected chi connectivity index (χ2v) is 8.31. The smallest absolute Gasteiger partial charge is 0.322 e. The van der Waals surface area contributed by atoms with E-state index in [4.69, 9.17) is 16.3 Å². The number of nitrogens with zero attached hydrogens (tertiary/aromatic N) is 3. The molecule has 6 nitrogen and oxygen atoms in total. The van der Waals surface area contributed by atoms with Gasteiger partial charge < -0.3 is 19.9 Å². The van der Waals surface area contributed by atoms with Gasteiger partial charge in [0.05, 0.1) is 10.7 Å². The van der Waals surface area contributed by atoms with Gasteiger partial charge in [0.1, 0.15) is 12.4 Å². The number of fused-ring (bicyclic) bond motifs is 1. The number of hydrogen-bond acceptors (Lipinski definition) is 4. The molecule has 2 aliphatic rings. The summed E-state index contributed by atoms with van der Waals surface area (Å²) in [6, 6.07) is 11.3. The Morgan fingerprint density at radius 2 is 2.17 bits per heavy atom. The molecule has 2 aliphatic heterocycles. The molecule has 2 amide bonds. The molecule has 0 bridgehead atoms. The van der Waals surface area contributed by atoms with Crippen molar-refractivity contribution in [2.45, 2.75) is 31.9 Å². The maximum absolute atomic E-state index is 12.9. The van der Waals surface area contributed by atoms with Gasteiger partial charge >= 0.3 is 6.03 Å². The quantitative estimate of drug-likeness (QED) is 0.812. The van der Waals surface area contributed by atoms with Crippen molar-refractivity contribution >= 4 is 23.3 Å². The molecule has 3 heterocycles. The van der Waals surface area contributed by atoms with Crippen LogP contribution in [0.15, 0.2) is 42.6 Å². The lowest BCUT2D eigenvalue weighted by Gasteiger charge is -2.46. The Bertz CT molecular complexity index is 848. The Balaban J connectivity index is 1.37. The highest BCUT2D eigenvalue weighted by molar-refractivity contribution is 6.32. The highest BCUT2D eigenvalue weighted by Crippen LogP contribution is 2.32. The van der Waals surface area contributed by atoms with Gasteiger partial charge in [-0.15, -0.1) is 0 Å². The number of carbonyl (C=O) groups excluding carboxylic acids is 1. The lowest BCUT2D eigenvalue weighted by Crippen LogP contribution is -2.56. The minimum absolute atomic E-state index is 0.0394. The first-order valence-corrected chi connectivity index (χ1v) is 10.6. The minimum Gasteiger partial charge on any atom is -0.486 e. The van der Waals surface area contributed by atoms with Gasteiger partial charge in [-0.2, -0.15) is 0 Å². The fraction of sp³-hybridized carbons (Fsp3) is 0.455. The first-order valence-electron chi connectivity index (χ1n) is 10.2. The average Bonchev–Trinajstić information content (AvgIpc) is 2.73. The summed E-state index contributed by atoms with van der Waals surface area (Å²) in [4.78, 5) is 21.5. The van der Waals surface area contributed by atoms with Gasteiger partial charge in [0, 0.05) is 31.0 Å². The molecule has 0 aliphatic carbocycles. The van der Waals surface area contributed by atoms with E-state index in [1.807, 2.05) is 29.2 Å². The number of halogens is 1. The van der Waals surface area contributed by atoms with Crippen LogP contribution in [-0.2, 0) is 6.61 Å². The minimum atomic E-state index is -0.0394. The summed E-state index contributed by atoms with van der Waals surface area (Å²) in [5.41, 5.74) is 1.51. The number of amides is 2. The third-order valence-electron chi connectivity index (χ3n) is 5.82. The first-order chi connectivity index (χ1) is 14.1. The predicted molar refractivity (Wildman–Crippen MR) is 114 cm³/mol. The van der Waals surface area contributed by atoms with Crippen molar-refractivity contribution in [1.82, 2.24) is 14.8 Å². The normalized spacial score (nSPS) is 22.1. The maximum atomic E-state index is 12.9. The zero-order valence-corrected chi connectivity index (χ0v) is 17.4. The van der Waals surface area contributed by atoms with Crippen molar-refractivity contribution < 1.29 is 9.53 Å². The van der Waals surface area contributed by atoms with Crippen molar-refractivity contribution in [3.05, 3.63) is 53.3 Å². The van der Waals surface area contributed by atoms with Gasteiger partial charge in [-0.1, -0.05) is 17.7 Å². The van der Waals surface area contributed by atoms with Crippen LogP contribution in [0.4, 0.5) is 10.5 Å². The summed E-state index contributed by atoms with van der Waals surface area (Å²) in [7, 11) is 2.16. The van der Waals surface area contributed by atoms with E-state index in [0.717, 1.165) is 38.2 Å². The third kappa shape index (κ3) is 4.82. The van der Waals surface area contributed by atoms with E-state index in [1.54, 1.807) is 18.3 Å². The Labute approximate surface area is 176 Å². The standard InChI is InChI=1S/C22H27ClN4O2/c1-26-12-9-20-16(14-26)5-4-11-27(20)22(28)25-17-7-8-21(19(23)13-17)29-15-18-6-2-3-10-24-18/h2-3,6-8,10,13,16,20H,4-5,9,11-12,14-15H2,1H3,(H,25,28)/t16-,20-/m1/s1. The molecule has 0 radical (unpaired) electrons. The number of hydrogen-bond donors (Lipinski definition) is 1. The van der Waals surface area contributed by atoms with E-state index >= 15 is 0 Å². The van der Waals surface area contributed by atoms with Gasteiger partial charge in [0.2, 0.25) is 0 Å². The van der Waals surface area contributed by atoms with E-state index in [-0.39, 0.29) is 6.03 Å². The Morgan fingerprint density at radius 3 is 2.97 bits per heavy atom. The number of piperidine rings is 2. The van der Waals surface area contributed by atoms with Crippen LogP contribution in [0.1, 0.15) is 25.0 Å². The number of aromatic nitrogens is 1. The number of benzene rings is 1. The summed E-state index contributed by atoms with van der Waals surface area (Å²) in [6.07, 6.45) is 5.03. The Morgan fingerprint density at radius 1 is 1.28 bits per heavy atom. The fourth-order valence-electron chi connectivity index (χ4n) is 4.36. The molecule has 0 unspecified atom stereocenters. The van der Waals surface area contributed by atoms with Gasteiger partial charge in [0.15, 0.2) is 0 Å². The summed E-state index contributed by atoms with van der Waals surface area (Å²) in [5, 5.41) is 3.49. The molecule has 1 N–H and O–H groups in total. The van der Waals surface area contributed by atoms with Gasteiger partial charge in [0.25, 0.3) is 0 Å². The van der Waals surface area contributed by atoms with Crippen LogP contribution in [0.3, 0.4) is 0 Å². The molecule has 154 valence electrons. The van der Waals surface area contributed by atoms with E-state index in [9.17, 15) is 4.79 Å². The lowest BCUT2D eigenvalue weighted by atomic mass is 9.84. The van der Waals surface area contributed by atoms with E-state index < -0.39 is 0 Å². The van der Waals surface area contributed by atoms with Crippen LogP contribution in [-0.4, -0.2) is 53.5 Å². The van der Waals surface area contributed by atoms with Crippen molar-refractivity contribution in [2.75, 3.05) is 32.0 Å². The van der Waals surface area contributed by atoms with Crippen LogP contribution < -0.4 is 10.1 Å². The molecule has 1 aromatic heterocycles. The zero-order valence-electron chi connectivity index (χ0n) is 16.7. The van der Waals surface area contributed by atoms with Gasteiger partial charge in [-0.05, 0) is 69.1 Å². The number of urea groups is 1. The molecular formula is C22H27ClN4O2. The molecule has 2 fully saturated rings. The number of carbonyl (C=O) groups is 1. The molecule has 1 aromatic carbocycles. The number of anilines is 1. The SMILES string of the molecule is CN1CC[C@@H]2[C@H](CCCN2C(=O)Nc2ccc(OCc3ccccn3)c(Cl)c2)C1. The Hall–Kier alpha value is -2.31. The highest BCUT2D eigenvalue weighted by atomic mass is 35.5. The van der Waals surface area contributed by atoms with Crippen molar-refractivity contribution in [2.24, 2.45) is 5.92 Å². The molecule has 0 spiro atoms. The topological polar surface area (TPSA) is 57.7 Å². The van der Waals surface area contributed by atoms with E-state index in [1.165, 1.54) is 6.42 Å². The monoisotopic (exact) mass is 414 g/mol. The molecule has 2 aromatic rings. The summed E-state index contributed by atoms with van der Waals surface area (Å²) in [5.74, 6) is 1.14. The van der Waals surface area contributed by atoms with E-state index in [0.29, 0.717) is 35.0 Å². The van der Waals surface area contributed by atoms with E-state index in [2.05, 4.69) is 22.2 Å². The van der Waals surface area contributed by atoms with Crippen LogP contribution in [0.5, 0.6) is 5.75 Å². The number of nitrogens with one attached hydrogen (secondary N) is 1. The Kier molecular flexibility index (Phi) is 6.21. The second kappa shape index (κ2) is 9.01. The molecule has 2 atom stereocenters. The highest BCUT2D eigenvalue weighted by Gasteiger charge is 2.37. The second-order valence-electron chi connectivity index (χ2n) is 7.90. The summed E-state index contributed by atoms with van der Waals surface area (Å²) in [6.45, 7) is 3.27. The predicted octanol–water partition coefficient (Wildman–Crippen LogP) is 4.26. The van der Waals surface area contributed by atoms with Crippen LogP contribution in [0.25, 0.3) is 0 Å². The van der Waals surface area contributed by atoms with Crippen LogP contribution in [0.2, 0.25) is 5.02 Å². The van der Waals surface area contributed by atoms with Crippen molar-refractivity contribution in [3.63, 3.8) is 0 Å². The summed E-state index contributed by atoms with van der Waals surface area (Å²) < 4.78 is 5.76. The van der Waals surface area contributed by atoms with Gasteiger partial charge in [-0.25, -0.2) is 4.79 Å². The zero-order chi connectivity index (χ0) is 20.2. The first kappa shape index (κ1) is 20.0. The molecule has 0 saturated carbocycles. The molecular weight excluding hydrogens is 388 g/mol. The van der Waals surface area contributed by atoms with Crippen LogP contribution in [0, 0.1) is 5.92 Å². The number of ether oxygens (including phenoxy) is 1. The number of likely N-dealkylation sites (tertiary alicyclic amines) is 2. The average molecular weight is 415 g/mol. The maximum Gasteiger partial charge on any atom is 0.322 e.